The Hall–Kier alpha value is -1.20. The fourth-order valence-corrected chi connectivity index (χ4v) is 1.47. The number of benzene rings is 1. The summed E-state index contributed by atoms with van der Waals surface area (Å²) in [5.74, 6) is -0.997. The second-order valence-corrected chi connectivity index (χ2v) is 3.87. The molecule has 0 heterocycles. The highest BCUT2D eigenvalue weighted by Crippen LogP contribution is 2.18. The van der Waals surface area contributed by atoms with Crippen LogP contribution in [-0.4, -0.2) is 19.0 Å². The molecule has 0 saturated heterocycles. The third kappa shape index (κ3) is 3.43. The number of hydrogen-bond acceptors (Lipinski definition) is 2. The van der Waals surface area contributed by atoms with Gasteiger partial charge in [0.05, 0.1) is 10.0 Å². The first-order valence-electron chi connectivity index (χ1n) is 4.74. The highest BCUT2D eigenvalue weighted by molar-refractivity contribution is 9.10. The summed E-state index contributed by atoms with van der Waals surface area (Å²) in [4.78, 5) is 11.5. The predicted molar refractivity (Wildman–Crippen MR) is 64.6 cm³/mol. The van der Waals surface area contributed by atoms with E-state index in [0.29, 0.717) is 13.1 Å². The molecular formula is C11H12BrFN2O. The summed E-state index contributed by atoms with van der Waals surface area (Å²) in [5, 5.41) is 2.56. The van der Waals surface area contributed by atoms with Gasteiger partial charge in [-0.15, -0.1) is 0 Å². The number of rotatable bonds is 4. The predicted octanol–water partition coefficient (Wildman–Crippen LogP) is 1.83. The molecule has 1 aromatic rings. The molecule has 0 radical (unpaired) electrons. The van der Waals surface area contributed by atoms with Gasteiger partial charge in [-0.2, -0.15) is 0 Å². The number of nitrogens with one attached hydrogen (secondary N) is 1. The summed E-state index contributed by atoms with van der Waals surface area (Å²) >= 11 is 3.02. The molecule has 0 atom stereocenters. The molecule has 1 aromatic carbocycles. The molecule has 86 valence electrons. The van der Waals surface area contributed by atoms with Crippen LogP contribution in [0.4, 0.5) is 4.39 Å². The van der Waals surface area contributed by atoms with Crippen LogP contribution in [0.5, 0.6) is 0 Å². The van der Waals surface area contributed by atoms with Gasteiger partial charge in [0.1, 0.15) is 5.82 Å². The van der Waals surface area contributed by atoms with E-state index in [2.05, 4.69) is 21.2 Å². The smallest absolute Gasteiger partial charge is 0.254 e. The lowest BCUT2D eigenvalue weighted by Gasteiger charge is -2.04. The van der Waals surface area contributed by atoms with Gasteiger partial charge in [-0.3, -0.25) is 4.79 Å². The average molecular weight is 287 g/mol. The molecule has 5 heteroatoms. The van der Waals surface area contributed by atoms with Gasteiger partial charge in [-0.05, 0) is 28.1 Å². The molecule has 1 amide bonds. The first-order chi connectivity index (χ1) is 7.66. The molecule has 0 aliphatic carbocycles. The van der Waals surface area contributed by atoms with Crippen LogP contribution in [0.2, 0.25) is 0 Å². The minimum absolute atomic E-state index is 0.0236. The van der Waals surface area contributed by atoms with Crippen molar-refractivity contribution in [1.82, 2.24) is 5.32 Å². The molecule has 0 aliphatic heterocycles. The molecule has 0 spiro atoms. The normalized spacial score (nSPS) is 10.7. The zero-order valence-electron chi connectivity index (χ0n) is 8.54. The third-order valence-electron chi connectivity index (χ3n) is 1.88. The minimum Gasteiger partial charge on any atom is -0.348 e. The lowest BCUT2D eigenvalue weighted by Crippen LogP contribution is -2.24. The van der Waals surface area contributed by atoms with Crippen LogP contribution in [0.15, 0.2) is 34.8 Å². The molecule has 3 nitrogen and oxygen atoms in total. The van der Waals surface area contributed by atoms with Gasteiger partial charge in [0.25, 0.3) is 5.91 Å². The molecule has 0 bridgehead atoms. The van der Waals surface area contributed by atoms with Crippen LogP contribution in [0.3, 0.4) is 0 Å². The largest absolute Gasteiger partial charge is 0.348 e. The van der Waals surface area contributed by atoms with Crippen molar-refractivity contribution < 1.29 is 9.18 Å². The number of carbonyl (C=O) groups excluding carboxylic acids is 1. The summed E-state index contributed by atoms with van der Waals surface area (Å²) in [6.07, 6.45) is 3.44. The van der Waals surface area contributed by atoms with Crippen molar-refractivity contribution in [2.45, 2.75) is 0 Å². The summed E-state index contributed by atoms with van der Waals surface area (Å²) in [6.45, 7) is 0.753. The number of nitrogens with two attached hydrogens (primary N) is 1. The van der Waals surface area contributed by atoms with Gasteiger partial charge in [-0.25, -0.2) is 4.39 Å². The number of hydrogen-bond donors (Lipinski definition) is 2. The first-order valence-corrected chi connectivity index (χ1v) is 5.53. The van der Waals surface area contributed by atoms with Gasteiger partial charge in [0, 0.05) is 13.1 Å². The van der Waals surface area contributed by atoms with Crippen LogP contribution in [0.1, 0.15) is 10.4 Å². The van der Waals surface area contributed by atoms with Crippen LogP contribution < -0.4 is 11.1 Å². The van der Waals surface area contributed by atoms with E-state index in [9.17, 15) is 9.18 Å². The highest BCUT2D eigenvalue weighted by atomic mass is 79.9. The average Bonchev–Trinajstić information content (AvgIpc) is 2.28. The van der Waals surface area contributed by atoms with Gasteiger partial charge >= 0.3 is 0 Å². The third-order valence-corrected chi connectivity index (χ3v) is 2.49. The molecule has 0 aromatic heterocycles. The van der Waals surface area contributed by atoms with Crippen LogP contribution >= 0.6 is 15.9 Å². The SMILES string of the molecule is NC/C=C/CNC(=O)c1cccc(Br)c1F. The van der Waals surface area contributed by atoms with E-state index >= 15 is 0 Å². The Balaban J connectivity index is 2.66. The Morgan fingerprint density at radius 3 is 2.94 bits per heavy atom. The maximum Gasteiger partial charge on any atom is 0.254 e. The summed E-state index contributed by atoms with van der Waals surface area (Å²) < 4.78 is 13.8. The fourth-order valence-electron chi connectivity index (χ4n) is 1.11. The van der Waals surface area contributed by atoms with E-state index in [4.69, 9.17) is 5.73 Å². The van der Waals surface area contributed by atoms with E-state index in [-0.39, 0.29) is 10.0 Å². The molecule has 0 aliphatic rings. The lowest BCUT2D eigenvalue weighted by atomic mass is 10.2. The summed E-state index contributed by atoms with van der Waals surface area (Å²) in [6, 6.07) is 4.58. The van der Waals surface area contributed by atoms with E-state index in [1.807, 2.05) is 0 Å². The second-order valence-electron chi connectivity index (χ2n) is 3.02. The van der Waals surface area contributed by atoms with Gasteiger partial charge < -0.3 is 11.1 Å². The van der Waals surface area contributed by atoms with Crippen molar-refractivity contribution in [2.24, 2.45) is 5.73 Å². The Kier molecular flexibility index (Phi) is 5.14. The van der Waals surface area contributed by atoms with Crippen molar-refractivity contribution in [3.8, 4) is 0 Å². The van der Waals surface area contributed by atoms with Crippen molar-refractivity contribution >= 4 is 21.8 Å². The van der Waals surface area contributed by atoms with Crippen molar-refractivity contribution in [2.75, 3.05) is 13.1 Å². The van der Waals surface area contributed by atoms with E-state index < -0.39 is 11.7 Å². The molecule has 3 N–H and O–H groups in total. The summed E-state index contributed by atoms with van der Waals surface area (Å²) in [5.41, 5.74) is 5.26. The fraction of sp³-hybridized carbons (Fsp3) is 0.182. The zero-order chi connectivity index (χ0) is 12.0. The van der Waals surface area contributed by atoms with E-state index in [0.717, 1.165) is 0 Å². The van der Waals surface area contributed by atoms with Gasteiger partial charge in [0.15, 0.2) is 0 Å². The Morgan fingerprint density at radius 1 is 1.50 bits per heavy atom. The number of amides is 1. The Morgan fingerprint density at radius 2 is 2.25 bits per heavy atom. The van der Waals surface area contributed by atoms with Crippen molar-refractivity contribution in [1.29, 1.82) is 0 Å². The molecule has 0 fully saturated rings. The van der Waals surface area contributed by atoms with Crippen molar-refractivity contribution in [3.63, 3.8) is 0 Å². The molecule has 0 unspecified atom stereocenters. The van der Waals surface area contributed by atoms with Gasteiger partial charge in [0.2, 0.25) is 0 Å². The second kappa shape index (κ2) is 6.40. The number of carbonyl (C=O) groups is 1. The van der Waals surface area contributed by atoms with Crippen LogP contribution in [0, 0.1) is 5.82 Å². The summed E-state index contributed by atoms with van der Waals surface area (Å²) in [7, 11) is 0. The molecule has 1 rings (SSSR count). The molecule has 16 heavy (non-hydrogen) atoms. The first kappa shape index (κ1) is 12.9. The highest BCUT2D eigenvalue weighted by Gasteiger charge is 2.12. The van der Waals surface area contributed by atoms with Crippen LogP contribution in [-0.2, 0) is 0 Å². The maximum absolute atomic E-state index is 13.5. The Labute approximate surface area is 102 Å². The minimum atomic E-state index is -0.553. The standard InChI is InChI=1S/C11H12BrFN2O/c12-9-5-3-4-8(10(9)13)11(16)15-7-2-1-6-14/h1-5H,6-7,14H2,(H,15,16)/b2-1+. The van der Waals surface area contributed by atoms with Crippen molar-refractivity contribution in [3.05, 3.63) is 46.2 Å². The molecule has 0 saturated carbocycles. The van der Waals surface area contributed by atoms with Gasteiger partial charge in [-0.1, -0.05) is 18.2 Å². The quantitative estimate of drug-likeness (QED) is 0.830. The lowest BCUT2D eigenvalue weighted by molar-refractivity contribution is 0.0954. The maximum atomic E-state index is 13.5. The Bertz CT molecular complexity index is 407. The van der Waals surface area contributed by atoms with E-state index in [1.54, 1.807) is 24.3 Å². The topological polar surface area (TPSA) is 55.1 Å². The number of halogens is 2. The van der Waals surface area contributed by atoms with E-state index in [1.165, 1.54) is 6.07 Å². The monoisotopic (exact) mass is 286 g/mol. The zero-order valence-corrected chi connectivity index (χ0v) is 10.1. The molecular weight excluding hydrogens is 275 g/mol. The van der Waals surface area contributed by atoms with Crippen LogP contribution in [0.25, 0.3) is 0 Å².